The van der Waals surface area contributed by atoms with Gasteiger partial charge in [0, 0.05) is 12.2 Å². The Balaban J connectivity index is 2.79. The summed E-state index contributed by atoms with van der Waals surface area (Å²) in [4.78, 5) is 23.1. The largest absolute Gasteiger partial charge is 0.480 e. The maximum atomic E-state index is 12.0. The Morgan fingerprint density at radius 3 is 2.47 bits per heavy atom. The van der Waals surface area contributed by atoms with Gasteiger partial charge in [-0.15, -0.1) is 0 Å². The molecule has 0 unspecified atom stereocenters. The van der Waals surface area contributed by atoms with Gasteiger partial charge in [-0.05, 0) is 19.8 Å². The number of aliphatic carboxylic acids is 1. The summed E-state index contributed by atoms with van der Waals surface area (Å²) in [6.07, 6.45) is 3.75. The van der Waals surface area contributed by atoms with Crippen molar-refractivity contribution in [3.63, 3.8) is 0 Å². The fraction of sp³-hybridized carbons (Fsp3) is 0.615. The van der Waals surface area contributed by atoms with E-state index in [9.17, 15) is 9.59 Å². The third kappa shape index (κ3) is 3.81. The van der Waals surface area contributed by atoms with Gasteiger partial charge in [0.2, 0.25) is 0 Å². The molecular formula is C13H21N3O3. The quantitative estimate of drug-likeness (QED) is 0.821. The van der Waals surface area contributed by atoms with Crippen LogP contribution in [0, 0.1) is 5.92 Å². The van der Waals surface area contributed by atoms with E-state index in [0.29, 0.717) is 12.0 Å². The Kier molecular flexibility index (Phi) is 5.09. The second kappa shape index (κ2) is 6.36. The first kappa shape index (κ1) is 15.2. The zero-order chi connectivity index (χ0) is 14.6. The first-order valence-electron chi connectivity index (χ1n) is 6.44. The Hall–Kier alpha value is -1.85. The zero-order valence-electron chi connectivity index (χ0n) is 11.8. The molecule has 0 saturated carbocycles. The molecule has 2 N–H and O–H groups in total. The van der Waals surface area contributed by atoms with Gasteiger partial charge in [-0.25, -0.2) is 4.79 Å². The lowest BCUT2D eigenvalue weighted by atomic mass is 9.99. The van der Waals surface area contributed by atoms with Crippen LogP contribution in [0.25, 0.3) is 0 Å². The van der Waals surface area contributed by atoms with E-state index in [1.807, 2.05) is 20.8 Å². The number of carbonyl (C=O) groups is 2. The molecule has 0 aliphatic rings. The molecule has 2 atom stereocenters. The predicted molar refractivity (Wildman–Crippen MR) is 71.0 cm³/mol. The number of aromatic nitrogens is 2. The number of nitrogens with one attached hydrogen (secondary N) is 1. The zero-order valence-corrected chi connectivity index (χ0v) is 11.8. The van der Waals surface area contributed by atoms with Crippen LogP contribution >= 0.6 is 0 Å². The van der Waals surface area contributed by atoms with Crippen LogP contribution in [-0.4, -0.2) is 32.8 Å². The minimum absolute atomic E-state index is 0.124. The number of carboxylic acids is 1. The van der Waals surface area contributed by atoms with Crippen LogP contribution in [0.15, 0.2) is 12.4 Å². The maximum Gasteiger partial charge on any atom is 0.326 e. The van der Waals surface area contributed by atoms with Gasteiger partial charge in [0.15, 0.2) is 0 Å². The Labute approximate surface area is 112 Å². The lowest BCUT2D eigenvalue weighted by molar-refractivity contribution is -0.140. The summed E-state index contributed by atoms with van der Waals surface area (Å²) in [5.41, 5.74) is 0.378. The standard InChI is InChI=1S/C13H21N3O3/c1-5-9(4)11(13(18)19)15-12(17)10-6-14-16(7-10)8(2)3/h6-9,11H,5H2,1-4H3,(H,15,17)(H,18,19)/t9-,11-/m0/s1. The van der Waals surface area contributed by atoms with Gasteiger partial charge < -0.3 is 10.4 Å². The smallest absolute Gasteiger partial charge is 0.326 e. The summed E-state index contributed by atoms with van der Waals surface area (Å²) >= 11 is 0. The molecule has 0 spiro atoms. The summed E-state index contributed by atoms with van der Waals surface area (Å²) in [6, 6.07) is -0.716. The van der Waals surface area contributed by atoms with Crippen LogP contribution in [0.3, 0.4) is 0 Å². The van der Waals surface area contributed by atoms with Crippen molar-refractivity contribution in [1.29, 1.82) is 0 Å². The van der Waals surface area contributed by atoms with Crippen molar-refractivity contribution in [2.75, 3.05) is 0 Å². The number of hydrogen-bond acceptors (Lipinski definition) is 3. The minimum Gasteiger partial charge on any atom is -0.480 e. The highest BCUT2D eigenvalue weighted by Crippen LogP contribution is 2.10. The molecule has 0 fully saturated rings. The highest BCUT2D eigenvalue weighted by atomic mass is 16.4. The fourth-order valence-electron chi connectivity index (χ4n) is 1.65. The van der Waals surface area contributed by atoms with Crippen LogP contribution in [0.2, 0.25) is 0 Å². The van der Waals surface area contributed by atoms with Crippen molar-refractivity contribution < 1.29 is 14.7 Å². The van der Waals surface area contributed by atoms with E-state index in [1.165, 1.54) is 6.20 Å². The molecule has 1 rings (SSSR count). The molecule has 1 heterocycles. The van der Waals surface area contributed by atoms with E-state index in [-0.39, 0.29) is 12.0 Å². The van der Waals surface area contributed by atoms with Crippen molar-refractivity contribution in [2.24, 2.45) is 5.92 Å². The molecule has 0 saturated heterocycles. The number of nitrogens with zero attached hydrogens (tertiary/aromatic N) is 2. The molecule has 6 nitrogen and oxygen atoms in total. The lowest BCUT2D eigenvalue weighted by Crippen LogP contribution is -2.44. The van der Waals surface area contributed by atoms with Gasteiger partial charge in [0.1, 0.15) is 6.04 Å². The Morgan fingerprint density at radius 2 is 2.05 bits per heavy atom. The van der Waals surface area contributed by atoms with Crippen LogP contribution < -0.4 is 5.32 Å². The van der Waals surface area contributed by atoms with Crippen molar-refractivity contribution in [3.05, 3.63) is 18.0 Å². The van der Waals surface area contributed by atoms with Gasteiger partial charge in [-0.1, -0.05) is 20.3 Å². The SMILES string of the molecule is CC[C@H](C)[C@H](NC(=O)c1cnn(C(C)C)c1)C(=O)O. The second-order valence-electron chi connectivity index (χ2n) is 4.98. The van der Waals surface area contributed by atoms with Crippen molar-refractivity contribution in [2.45, 2.75) is 46.2 Å². The summed E-state index contributed by atoms with van der Waals surface area (Å²) < 4.78 is 1.66. The van der Waals surface area contributed by atoms with E-state index in [0.717, 1.165) is 0 Å². The maximum absolute atomic E-state index is 12.0. The second-order valence-corrected chi connectivity index (χ2v) is 4.98. The number of rotatable bonds is 6. The Morgan fingerprint density at radius 1 is 1.42 bits per heavy atom. The van der Waals surface area contributed by atoms with Gasteiger partial charge in [-0.3, -0.25) is 9.48 Å². The number of carbonyl (C=O) groups excluding carboxylic acids is 1. The molecule has 1 aromatic heterocycles. The summed E-state index contributed by atoms with van der Waals surface area (Å²) in [5, 5.41) is 15.7. The third-order valence-electron chi connectivity index (χ3n) is 3.16. The first-order valence-corrected chi connectivity index (χ1v) is 6.44. The van der Waals surface area contributed by atoms with Crippen LogP contribution in [0.5, 0.6) is 0 Å². The average Bonchev–Trinajstić information content (AvgIpc) is 2.84. The lowest BCUT2D eigenvalue weighted by Gasteiger charge is -2.19. The molecule has 0 aliphatic carbocycles. The van der Waals surface area contributed by atoms with Crippen molar-refractivity contribution in [3.8, 4) is 0 Å². The summed E-state index contributed by atoms with van der Waals surface area (Å²) in [7, 11) is 0. The molecule has 6 heteroatoms. The molecule has 106 valence electrons. The van der Waals surface area contributed by atoms with E-state index < -0.39 is 17.9 Å². The highest BCUT2D eigenvalue weighted by molar-refractivity contribution is 5.96. The van der Waals surface area contributed by atoms with Crippen LogP contribution in [-0.2, 0) is 4.79 Å². The molecule has 0 aliphatic heterocycles. The fourth-order valence-corrected chi connectivity index (χ4v) is 1.65. The summed E-state index contributed by atoms with van der Waals surface area (Å²) in [6.45, 7) is 7.60. The molecule has 1 aromatic rings. The molecule has 0 aromatic carbocycles. The Bertz CT molecular complexity index is 454. The predicted octanol–water partition coefficient (Wildman–Crippen LogP) is 1.69. The van der Waals surface area contributed by atoms with Gasteiger partial charge in [-0.2, -0.15) is 5.10 Å². The normalized spacial score (nSPS) is 14.2. The van der Waals surface area contributed by atoms with E-state index in [4.69, 9.17) is 5.11 Å². The molecule has 1 amide bonds. The molecular weight excluding hydrogens is 246 g/mol. The number of hydrogen-bond donors (Lipinski definition) is 2. The monoisotopic (exact) mass is 267 g/mol. The highest BCUT2D eigenvalue weighted by Gasteiger charge is 2.26. The minimum atomic E-state index is -1.01. The van der Waals surface area contributed by atoms with Crippen LogP contribution in [0.1, 0.15) is 50.5 Å². The van der Waals surface area contributed by atoms with Gasteiger partial charge in [0.25, 0.3) is 5.91 Å². The first-order chi connectivity index (χ1) is 8.86. The van der Waals surface area contributed by atoms with E-state index in [1.54, 1.807) is 17.8 Å². The summed E-state index contributed by atoms with van der Waals surface area (Å²) in [5.74, 6) is -1.54. The third-order valence-corrected chi connectivity index (χ3v) is 3.16. The topological polar surface area (TPSA) is 84.2 Å². The van der Waals surface area contributed by atoms with Gasteiger partial charge >= 0.3 is 5.97 Å². The molecule has 19 heavy (non-hydrogen) atoms. The van der Waals surface area contributed by atoms with Crippen molar-refractivity contribution >= 4 is 11.9 Å². The van der Waals surface area contributed by atoms with E-state index >= 15 is 0 Å². The molecule has 0 bridgehead atoms. The number of amides is 1. The average molecular weight is 267 g/mol. The van der Waals surface area contributed by atoms with E-state index in [2.05, 4.69) is 10.4 Å². The van der Waals surface area contributed by atoms with Gasteiger partial charge in [0.05, 0.1) is 11.8 Å². The molecule has 0 radical (unpaired) electrons. The van der Waals surface area contributed by atoms with Crippen LogP contribution in [0.4, 0.5) is 0 Å². The van der Waals surface area contributed by atoms with Crippen molar-refractivity contribution in [1.82, 2.24) is 15.1 Å². The number of carboxylic acid groups (broad SMARTS) is 1.